The van der Waals surface area contributed by atoms with Crippen LogP contribution in [0.5, 0.6) is 0 Å². The van der Waals surface area contributed by atoms with Gasteiger partial charge in [-0.1, -0.05) is 6.07 Å². The fourth-order valence-corrected chi connectivity index (χ4v) is 3.34. The molecule has 1 aliphatic rings. The number of carbonyl (C=O) groups is 2. The van der Waals surface area contributed by atoms with Crippen molar-refractivity contribution in [3.05, 3.63) is 65.5 Å². The van der Waals surface area contributed by atoms with Crippen molar-refractivity contribution in [2.45, 2.75) is 31.3 Å². The molecule has 1 saturated heterocycles. The summed E-state index contributed by atoms with van der Waals surface area (Å²) >= 11 is 0. The average molecular weight is 388 g/mol. The van der Waals surface area contributed by atoms with E-state index in [-0.39, 0.29) is 23.9 Å². The summed E-state index contributed by atoms with van der Waals surface area (Å²) < 4.78 is 26.9. The van der Waals surface area contributed by atoms with Crippen molar-refractivity contribution < 1.29 is 18.4 Å². The molecule has 2 aromatic rings. The third-order valence-electron chi connectivity index (χ3n) is 4.83. The number of likely N-dealkylation sites (tertiary alicyclic amines) is 1. The first-order chi connectivity index (χ1) is 13.5. The van der Waals surface area contributed by atoms with Crippen molar-refractivity contribution in [2.24, 2.45) is 5.73 Å². The summed E-state index contributed by atoms with van der Waals surface area (Å²) in [5.41, 5.74) is 6.49. The van der Waals surface area contributed by atoms with Crippen molar-refractivity contribution in [1.29, 1.82) is 0 Å². The van der Waals surface area contributed by atoms with Gasteiger partial charge in [-0.15, -0.1) is 0 Å². The number of nitrogens with one attached hydrogen (secondary N) is 1. The molecule has 1 aromatic heterocycles. The van der Waals surface area contributed by atoms with Crippen molar-refractivity contribution in [2.75, 3.05) is 13.1 Å². The van der Waals surface area contributed by atoms with Crippen molar-refractivity contribution in [3.8, 4) is 0 Å². The number of piperidine rings is 1. The van der Waals surface area contributed by atoms with Crippen LogP contribution in [0.4, 0.5) is 8.78 Å². The quantitative estimate of drug-likeness (QED) is 0.822. The molecule has 0 unspecified atom stereocenters. The molecular weight excluding hydrogens is 366 g/mol. The van der Waals surface area contributed by atoms with E-state index < -0.39 is 23.7 Å². The second kappa shape index (κ2) is 8.88. The normalized spacial score (nSPS) is 17.8. The third kappa shape index (κ3) is 4.51. The Bertz CT molecular complexity index is 847. The Hall–Kier alpha value is -2.87. The molecule has 2 atom stereocenters. The van der Waals surface area contributed by atoms with Crippen molar-refractivity contribution >= 4 is 11.8 Å². The van der Waals surface area contributed by atoms with E-state index in [1.807, 2.05) is 0 Å². The zero-order valence-corrected chi connectivity index (χ0v) is 15.3. The van der Waals surface area contributed by atoms with Gasteiger partial charge in [-0.05, 0) is 37.5 Å². The Kier molecular flexibility index (Phi) is 6.30. The molecule has 2 heterocycles. The van der Waals surface area contributed by atoms with Crippen molar-refractivity contribution in [3.63, 3.8) is 0 Å². The van der Waals surface area contributed by atoms with E-state index in [1.54, 1.807) is 23.2 Å². The Morgan fingerprint density at radius 3 is 2.82 bits per heavy atom. The van der Waals surface area contributed by atoms with Crippen molar-refractivity contribution in [1.82, 2.24) is 15.2 Å². The summed E-state index contributed by atoms with van der Waals surface area (Å²) in [6, 6.07) is 5.03. The van der Waals surface area contributed by atoms with Crippen LogP contribution in [0, 0.1) is 11.6 Å². The molecule has 6 nitrogen and oxygen atoms in total. The first-order valence-corrected chi connectivity index (χ1v) is 9.16. The average Bonchev–Trinajstić information content (AvgIpc) is 2.72. The number of halogens is 2. The zero-order valence-electron chi connectivity index (χ0n) is 15.3. The molecule has 2 amide bonds. The Morgan fingerprint density at radius 2 is 2.11 bits per heavy atom. The first kappa shape index (κ1) is 19.9. The maximum Gasteiger partial charge on any atom is 0.256 e. The number of benzene rings is 1. The monoisotopic (exact) mass is 388 g/mol. The Balaban J connectivity index is 1.65. The second-order valence-corrected chi connectivity index (χ2v) is 6.77. The van der Waals surface area contributed by atoms with Gasteiger partial charge in [0.25, 0.3) is 5.91 Å². The highest BCUT2D eigenvalue weighted by molar-refractivity contribution is 5.97. The standard InChI is InChI=1S/C20H22F2N4O2/c21-14-6-7-15(16(22)10-14)17(23)12-25-19(27)18-5-1-2-9-26(18)20(28)13-4-3-8-24-11-13/h3-4,6-8,10-11,17-18H,1-2,5,9,12,23H2,(H,25,27)/t17-,18-/m1/s1. The van der Waals surface area contributed by atoms with Crippen LogP contribution in [0.3, 0.4) is 0 Å². The molecule has 0 saturated carbocycles. The number of pyridine rings is 1. The maximum atomic E-state index is 13.8. The van der Waals surface area contributed by atoms with Gasteiger partial charge in [-0.3, -0.25) is 14.6 Å². The smallest absolute Gasteiger partial charge is 0.256 e. The minimum absolute atomic E-state index is 0.0210. The molecule has 3 rings (SSSR count). The molecular formula is C20H22F2N4O2. The van der Waals surface area contributed by atoms with Gasteiger partial charge in [-0.25, -0.2) is 8.78 Å². The minimum atomic E-state index is -0.824. The van der Waals surface area contributed by atoms with E-state index in [9.17, 15) is 18.4 Å². The highest BCUT2D eigenvalue weighted by Gasteiger charge is 2.32. The van der Waals surface area contributed by atoms with Gasteiger partial charge in [0.2, 0.25) is 5.91 Å². The van der Waals surface area contributed by atoms with Gasteiger partial charge in [0.1, 0.15) is 17.7 Å². The van der Waals surface area contributed by atoms with Crippen LogP contribution in [0.2, 0.25) is 0 Å². The van der Waals surface area contributed by atoms with Gasteiger partial charge >= 0.3 is 0 Å². The molecule has 8 heteroatoms. The Morgan fingerprint density at radius 1 is 1.29 bits per heavy atom. The maximum absolute atomic E-state index is 13.8. The van der Waals surface area contributed by atoms with E-state index in [2.05, 4.69) is 10.3 Å². The SMILES string of the molecule is N[C@H](CNC(=O)[C@H]1CCCCN1C(=O)c1cccnc1)c1ccc(F)cc1F. The van der Waals surface area contributed by atoms with Gasteiger partial charge in [0.15, 0.2) is 0 Å². The number of nitrogens with zero attached hydrogens (tertiary/aromatic N) is 2. The summed E-state index contributed by atoms with van der Waals surface area (Å²) in [5.74, 6) is -2.03. The highest BCUT2D eigenvalue weighted by Crippen LogP contribution is 2.20. The summed E-state index contributed by atoms with van der Waals surface area (Å²) in [4.78, 5) is 30.9. The van der Waals surface area contributed by atoms with E-state index >= 15 is 0 Å². The fourth-order valence-electron chi connectivity index (χ4n) is 3.34. The highest BCUT2D eigenvalue weighted by atomic mass is 19.1. The molecule has 0 bridgehead atoms. The van der Waals surface area contributed by atoms with Crippen LogP contribution in [-0.2, 0) is 4.79 Å². The first-order valence-electron chi connectivity index (χ1n) is 9.16. The molecule has 1 fully saturated rings. The predicted octanol–water partition coefficient (Wildman–Crippen LogP) is 2.17. The van der Waals surface area contributed by atoms with E-state index in [0.29, 0.717) is 18.5 Å². The fraction of sp³-hybridized carbons (Fsp3) is 0.350. The summed E-state index contributed by atoms with van der Waals surface area (Å²) in [6.45, 7) is 0.456. The topological polar surface area (TPSA) is 88.3 Å². The minimum Gasteiger partial charge on any atom is -0.352 e. The lowest BCUT2D eigenvalue weighted by Crippen LogP contribution is -2.52. The lowest BCUT2D eigenvalue weighted by molar-refractivity contribution is -0.126. The lowest BCUT2D eigenvalue weighted by Gasteiger charge is -2.35. The summed E-state index contributed by atoms with van der Waals surface area (Å²) in [7, 11) is 0. The zero-order chi connectivity index (χ0) is 20.1. The van der Waals surface area contributed by atoms with Crippen LogP contribution in [-0.4, -0.2) is 40.8 Å². The number of hydrogen-bond acceptors (Lipinski definition) is 4. The van der Waals surface area contributed by atoms with Crippen LogP contribution in [0.15, 0.2) is 42.7 Å². The molecule has 0 aliphatic carbocycles. The van der Waals surface area contributed by atoms with Gasteiger partial charge in [0, 0.05) is 37.1 Å². The molecule has 3 N–H and O–H groups in total. The summed E-state index contributed by atoms with van der Waals surface area (Å²) in [5, 5.41) is 2.69. The number of rotatable bonds is 5. The van der Waals surface area contributed by atoms with Crippen LogP contribution in [0.1, 0.15) is 41.2 Å². The number of nitrogens with two attached hydrogens (primary N) is 1. The molecule has 1 aliphatic heterocycles. The van der Waals surface area contributed by atoms with Crippen LogP contribution < -0.4 is 11.1 Å². The largest absolute Gasteiger partial charge is 0.352 e. The van der Waals surface area contributed by atoms with Gasteiger partial charge < -0.3 is 16.0 Å². The van der Waals surface area contributed by atoms with Gasteiger partial charge in [0.05, 0.1) is 11.6 Å². The molecule has 0 spiro atoms. The number of aromatic nitrogens is 1. The third-order valence-corrected chi connectivity index (χ3v) is 4.83. The molecule has 28 heavy (non-hydrogen) atoms. The van der Waals surface area contributed by atoms with Crippen LogP contribution in [0.25, 0.3) is 0 Å². The second-order valence-electron chi connectivity index (χ2n) is 6.77. The van der Waals surface area contributed by atoms with Crippen LogP contribution >= 0.6 is 0 Å². The number of hydrogen-bond donors (Lipinski definition) is 2. The van der Waals surface area contributed by atoms with Gasteiger partial charge in [-0.2, -0.15) is 0 Å². The Labute approximate surface area is 161 Å². The lowest BCUT2D eigenvalue weighted by atomic mass is 10.00. The number of amides is 2. The van der Waals surface area contributed by atoms with E-state index in [0.717, 1.165) is 25.0 Å². The predicted molar refractivity (Wildman–Crippen MR) is 99.2 cm³/mol. The van der Waals surface area contributed by atoms with E-state index in [1.165, 1.54) is 12.3 Å². The molecule has 1 aromatic carbocycles. The summed E-state index contributed by atoms with van der Waals surface area (Å²) in [6.07, 6.45) is 5.23. The number of carbonyl (C=O) groups excluding carboxylic acids is 2. The molecule has 148 valence electrons. The molecule has 0 radical (unpaired) electrons. The van der Waals surface area contributed by atoms with E-state index in [4.69, 9.17) is 5.73 Å².